The normalized spacial score (nSPS) is 12.2. The Bertz CT molecular complexity index is 326. The van der Waals surface area contributed by atoms with Gasteiger partial charge in [0.05, 0.1) is 6.04 Å². The Labute approximate surface area is 103 Å². The molecule has 0 radical (unpaired) electrons. The number of nitrogens with one attached hydrogen (secondary N) is 1. The highest BCUT2D eigenvalue weighted by molar-refractivity contribution is 9.10. The number of carbonyl (C=O) groups excluding carboxylic acids is 1. The van der Waals surface area contributed by atoms with Crippen molar-refractivity contribution in [1.82, 2.24) is 5.32 Å². The van der Waals surface area contributed by atoms with Crippen molar-refractivity contribution in [2.24, 2.45) is 0 Å². The zero-order valence-corrected chi connectivity index (χ0v) is 10.8. The third-order valence-electron chi connectivity index (χ3n) is 2.14. The smallest absolute Gasteiger partial charge is 0.235 e. The predicted molar refractivity (Wildman–Crippen MR) is 66.0 cm³/mol. The molecule has 0 unspecified atom stereocenters. The summed E-state index contributed by atoms with van der Waals surface area (Å²) in [5, 5.41) is 2.87. The van der Waals surface area contributed by atoms with Crippen molar-refractivity contribution in [2.75, 3.05) is 5.88 Å². The van der Waals surface area contributed by atoms with Gasteiger partial charge in [-0.2, -0.15) is 0 Å². The van der Waals surface area contributed by atoms with E-state index in [0.29, 0.717) is 0 Å². The molecular weight excluding hydrogens is 277 g/mol. The topological polar surface area (TPSA) is 29.1 Å². The van der Waals surface area contributed by atoms with Gasteiger partial charge in [-0.3, -0.25) is 4.79 Å². The van der Waals surface area contributed by atoms with E-state index >= 15 is 0 Å². The van der Waals surface area contributed by atoms with Gasteiger partial charge in [-0.05, 0) is 24.1 Å². The molecule has 1 atom stereocenters. The Hall–Kier alpha value is -0.540. The first-order chi connectivity index (χ1) is 7.17. The standard InChI is InChI=1S/C11H13BrClNO/c1-2-10(14-11(15)7-13)8-3-5-9(12)6-4-8/h3-6,10H,2,7H2,1H3,(H,14,15)/t10-/m1/s1. The van der Waals surface area contributed by atoms with Crippen LogP contribution in [0.25, 0.3) is 0 Å². The summed E-state index contributed by atoms with van der Waals surface area (Å²) in [7, 11) is 0. The van der Waals surface area contributed by atoms with Crippen LogP contribution in [0.15, 0.2) is 28.7 Å². The van der Waals surface area contributed by atoms with Gasteiger partial charge in [-0.25, -0.2) is 0 Å². The number of amides is 1. The van der Waals surface area contributed by atoms with Crippen LogP contribution in [0.1, 0.15) is 24.9 Å². The van der Waals surface area contributed by atoms with Crippen LogP contribution < -0.4 is 5.32 Å². The van der Waals surface area contributed by atoms with Gasteiger partial charge in [0.25, 0.3) is 0 Å². The van der Waals surface area contributed by atoms with Crippen molar-refractivity contribution < 1.29 is 4.79 Å². The Morgan fingerprint density at radius 3 is 2.53 bits per heavy atom. The summed E-state index contributed by atoms with van der Waals surface area (Å²) in [5.41, 5.74) is 1.10. The lowest BCUT2D eigenvalue weighted by molar-refractivity contribution is -0.119. The molecule has 1 aromatic rings. The van der Waals surface area contributed by atoms with Crippen LogP contribution in [0.4, 0.5) is 0 Å². The minimum Gasteiger partial charge on any atom is -0.348 e. The lowest BCUT2D eigenvalue weighted by Gasteiger charge is -2.16. The van der Waals surface area contributed by atoms with Crippen LogP contribution in [0, 0.1) is 0 Å². The summed E-state index contributed by atoms with van der Waals surface area (Å²) >= 11 is 8.82. The van der Waals surface area contributed by atoms with Crippen molar-refractivity contribution in [1.29, 1.82) is 0 Å². The van der Waals surface area contributed by atoms with Crippen LogP contribution >= 0.6 is 27.5 Å². The average Bonchev–Trinajstić information content (AvgIpc) is 2.27. The van der Waals surface area contributed by atoms with Crippen LogP contribution in [0.2, 0.25) is 0 Å². The average molecular weight is 291 g/mol. The molecular formula is C11H13BrClNO. The maximum Gasteiger partial charge on any atom is 0.235 e. The van der Waals surface area contributed by atoms with Crippen LogP contribution in [-0.4, -0.2) is 11.8 Å². The first-order valence-corrected chi connectivity index (χ1v) is 6.11. The molecule has 2 nitrogen and oxygen atoms in total. The molecule has 0 heterocycles. The monoisotopic (exact) mass is 289 g/mol. The molecule has 1 rings (SSSR count). The van der Waals surface area contributed by atoms with Crippen molar-refractivity contribution in [3.8, 4) is 0 Å². The third kappa shape index (κ3) is 3.84. The number of hydrogen-bond acceptors (Lipinski definition) is 1. The third-order valence-corrected chi connectivity index (χ3v) is 2.91. The van der Waals surface area contributed by atoms with Crippen molar-refractivity contribution in [2.45, 2.75) is 19.4 Å². The van der Waals surface area contributed by atoms with E-state index in [1.54, 1.807) is 0 Å². The summed E-state index contributed by atoms with van der Waals surface area (Å²) < 4.78 is 1.03. The maximum atomic E-state index is 11.2. The first-order valence-electron chi connectivity index (χ1n) is 4.78. The number of alkyl halides is 1. The number of rotatable bonds is 4. The van der Waals surface area contributed by atoms with E-state index in [-0.39, 0.29) is 17.8 Å². The van der Waals surface area contributed by atoms with Gasteiger partial charge >= 0.3 is 0 Å². The Balaban J connectivity index is 2.74. The van der Waals surface area contributed by atoms with Crippen LogP contribution in [0.5, 0.6) is 0 Å². The van der Waals surface area contributed by atoms with E-state index < -0.39 is 0 Å². The molecule has 0 spiro atoms. The van der Waals surface area contributed by atoms with E-state index in [0.717, 1.165) is 16.5 Å². The van der Waals surface area contributed by atoms with Gasteiger partial charge in [0.1, 0.15) is 5.88 Å². The molecule has 1 aromatic carbocycles. The Morgan fingerprint density at radius 1 is 1.47 bits per heavy atom. The minimum absolute atomic E-state index is 0.00697. The molecule has 0 fully saturated rings. The highest BCUT2D eigenvalue weighted by Crippen LogP contribution is 2.19. The van der Waals surface area contributed by atoms with Gasteiger partial charge in [-0.1, -0.05) is 35.0 Å². The molecule has 0 saturated heterocycles. The zero-order valence-electron chi connectivity index (χ0n) is 8.47. The van der Waals surface area contributed by atoms with Crippen molar-refractivity contribution in [3.05, 3.63) is 34.3 Å². The second-order valence-electron chi connectivity index (χ2n) is 3.21. The number of benzene rings is 1. The van der Waals surface area contributed by atoms with Crippen LogP contribution in [0.3, 0.4) is 0 Å². The summed E-state index contributed by atoms with van der Waals surface area (Å²) in [4.78, 5) is 11.2. The van der Waals surface area contributed by atoms with E-state index in [1.165, 1.54) is 0 Å². The molecule has 0 saturated carbocycles. The molecule has 0 aliphatic rings. The highest BCUT2D eigenvalue weighted by Gasteiger charge is 2.11. The van der Waals surface area contributed by atoms with E-state index in [2.05, 4.69) is 21.2 Å². The second-order valence-corrected chi connectivity index (χ2v) is 4.40. The van der Waals surface area contributed by atoms with E-state index in [1.807, 2.05) is 31.2 Å². The fraction of sp³-hybridized carbons (Fsp3) is 0.364. The molecule has 82 valence electrons. The lowest BCUT2D eigenvalue weighted by Crippen LogP contribution is -2.28. The summed E-state index contributed by atoms with van der Waals surface area (Å²) in [6.07, 6.45) is 0.851. The first kappa shape index (κ1) is 12.5. The minimum atomic E-state index is -0.133. The van der Waals surface area contributed by atoms with Gasteiger partial charge in [-0.15, -0.1) is 11.6 Å². The van der Waals surface area contributed by atoms with Crippen LogP contribution in [-0.2, 0) is 4.79 Å². The maximum absolute atomic E-state index is 11.2. The molecule has 0 aliphatic heterocycles. The lowest BCUT2D eigenvalue weighted by atomic mass is 10.0. The molecule has 1 amide bonds. The molecule has 4 heteroatoms. The quantitative estimate of drug-likeness (QED) is 0.847. The van der Waals surface area contributed by atoms with E-state index in [4.69, 9.17) is 11.6 Å². The fourth-order valence-corrected chi connectivity index (χ4v) is 1.69. The van der Waals surface area contributed by atoms with Gasteiger partial charge in [0, 0.05) is 4.47 Å². The van der Waals surface area contributed by atoms with E-state index in [9.17, 15) is 4.79 Å². The summed E-state index contributed by atoms with van der Waals surface area (Å²) in [5.74, 6) is -0.126. The largest absolute Gasteiger partial charge is 0.348 e. The predicted octanol–water partition coefficient (Wildman–Crippen LogP) is 3.26. The highest BCUT2D eigenvalue weighted by atomic mass is 79.9. The van der Waals surface area contributed by atoms with Gasteiger partial charge in [0.2, 0.25) is 5.91 Å². The molecule has 0 aromatic heterocycles. The molecule has 1 N–H and O–H groups in total. The Kier molecular flexibility index (Phi) is 5.12. The number of carbonyl (C=O) groups is 1. The zero-order chi connectivity index (χ0) is 11.3. The van der Waals surface area contributed by atoms with Gasteiger partial charge in [0.15, 0.2) is 0 Å². The fourth-order valence-electron chi connectivity index (χ4n) is 1.35. The molecule has 0 aliphatic carbocycles. The second kappa shape index (κ2) is 6.13. The Morgan fingerprint density at radius 2 is 2.07 bits per heavy atom. The molecule has 0 bridgehead atoms. The van der Waals surface area contributed by atoms with Gasteiger partial charge < -0.3 is 5.32 Å². The molecule has 15 heavy (non-hydrogen) atoms. The van der Waals surface area contributed by atoms with Crippen molar-refractivity contribution in [3.63, 3.8) is 0 Å². The summed E-state index contributed by atoms with van der Waals surface area (Å²) in [6, 6.07) is 7.96. The number of halogens is 2. The number of hydrogen-bond donors (Lipinski definition) is 1. The van der Waals surface area contributed by atoms with Crippen molar-refractivity contribution >= 4 is 33.4 Å². The SMILES string of the molecule is CC[C@@H](NC(=O)CCl)c1ccc(Br)cc1. The summed E-state index contributed by atoms with van der Waals surface area (Å²) in [6.45, 7) is 2.03.